The molecule has 0 fully saturated rings. The number of hydrogen-bond donors (Lipinski definition) is 2. The Hall–Kier alpha value is -4.28. The van der Waals surface area contributed by atoms with Gasteiger partial charge in [-0.2, -0.15) is 0 Å². The number of benzene rings is 2. The molecule has 5 rings (SSSR count). The summed E-state index contributed by atoms with van der Waals surface area (Å²) in [5, 5.41) is 13.6. The lowest BCUT2D eigenvalue weighted by atomic mass is 9.99. The average molecular weight is 717 g/mol. The molecular formula is C36H41ClN6O4SSi. The predicted molar refractivity (Wildman–Crippen MR) is 197 cm³/mol. The van der Waals surface area contributed by atoms with Crippen LogP contribution in [0.3, 0.4) is 0 Å². The Balaban J connectivity index is 1.47. The number of nitrogens with one attached hydrogen (secondary N) is 1. The molecule has 3 N–H and O–H groups in total. The first-order valence-electron chi connectivity index (χ1n) is 15.9. The van der Waals surface area contributed by atoms with Crippen LogP contribution < -0.4 is 11.1 Å². The lowest BCUT2D eigenvalue weighted by Crippen LogP contribution is -2.40. The summed E-state index contributed by atoms with van der Waals surface area (Å²) in [6.07, 6.45) is -0.856. The standard InChI is InChI=1S/C36H41ClN6O4SSi/c1-21-22(2)48-34-31(21)32(25-11-14-27(37)15-12-25)40-29(33-42-41-23(3)43(33)34)19-30(44)39-28-16-13-24(10-9-17-46-35(38)45)26(18-28)20-47-49(7,8)36(4,5)6/h11-16,18,29H,17,19-20H2,1-8H3,(H2,38,45)(H,39,44)/t29-/m0/s1. The lowest BCUT2D eigenvalue weighted by Gasteiger charge is -2.36. The number of nitrogens with zero attached hydrogens (tertiary/aromatic N) is 4. The van der Waals surface area contributed by atoms with Gasteiger partial charge in [0, 0.05) is 32.3 Å². The highest BCUT2D eigenvalue weighted by molar-refractivity contribution is 7.15. The van der Waals surface area contributed by atoms with E-state index in [9.17, 15) is 9.59 Å². The monoisotopic (exact) mass is 716 g/mol. The van der Waals surface area contributed by atoms with Crippen LogP contribution in [-0.2, 0) is 20.6 Å². The van der Waals surface area contributed by atoms with Gasteiger partial charge in [-0.15, -0.1) is 21.5 Å². The largest absolute Gasteiger partial charge is 0.437 e. The van der Waals surface area contributed by atoms with E-state index in [4.69, 9.17) is 31.5 Å². The van der Waals surface area contributed by atoms with Crippen LogP contribution in [0.1, 0.15) is 77.6 Å². The number of anilines is 1. The summed E-state index contributed by atoms with van der Waals surface area (Å²) in [6.45, 7) is 17.2. The first kappa shape index (κ1) is 36.0. The average Bonchev–Trinajstić information content (AvgIpc) is 3.50. The van der Waals surface area contributed by atoms with E-state index < -0.39 is 20.5 Å². The number of hydrogen-bond acceptors (Lipinski definition) is 8. The third kappa shape index (κ3) is 7.97. The van der Waals surface area contributed by atoms with Gasteiger partial charge in [-0.25, -0.2) is 4.79 Å². The molecule has 0 unspecified atom stereocenters. The molecular weight excluding hydrogens is 676 g/mol. The molecule has 13 heteroatoms. The molecule has 10 nitrogen and oxygen atoms in total. The molecule has 1 atom stereocenters. The zero-order valence-corrected chi connectivity index (χ0v) is 31.6. The first-order valence-corrected chi connectivity index (χ1v) is 20.0. The second-order valence-electron chi connectivity index (χ2n) is 13.5. The van der Waals surface area contributed by atoms with Crippen molar-refractivity contribution in [2.75, 3.05) is 11.9 Å². The fourth-order valence-corrected chi connectivity index (χ4v) is 7.44. The number of rotatable bonds is 8. The third-order valence-electron chi connectivity index (χ3n) is 9.03. The van der Waals surface area contributed by atoms with Crippen molar-refractivity contribution < 1.29 is 18.8 Å². The Morgan fingerprint density at radius 2 is 1.82 bits per heavy atom. The van der Waals surface area contributed by atoms with Gasteiger partial charge in [-0.3, -0.25) is 14.4 Å². The molecule has 2 amide bonds. The molecule has 4 aromatic rings. The minimum Gasteiger partial charge on any atom is -0.437 e. The van der Waals surface area contributed by atoms with Crippen LogP contribution in [0, 0.1) is 32.6 Å². The number of primary amides is 1. The summed E-state index contributed by atoms with van der Waals surface area (Å²) >= 11 is 7.91. The molecule has 0 aliphatic carbocycles. The molecule has 1 aliphatic rings. The van der Waals surface area contributed by atoms with Gasteiger partial charge in [0.25, 0.3) is 0 Å². The summed E-state index contributed by atoms with van der Waals surface area (Å²) in [6, 6.07) is 12.5. The van der Waals surface area contributed by atoms with Gasteiger partial charge in [0.2, 0.25) is 5.91 Å². The van der Waals surface area contributed by atoms with Crippen LogP contribution in [-0.4, -0.2) is 47.4 Å². The van der Waals surface area contributed by atoms with E-state index >= 15 is 0 Å². The van der Waals surface area contributed by atoms with E-state index in [2.05, 4.69) is 75.1 Å². The van der Waals surface area contributed by atoms with Crippen LogP contribution in [0.15, 0.2) is 47.5 Å². The van der Waals surface area contributed by atoms with Gasteiger partial charge in [0.05, 0.1) is 18.7 Å². The van der Waals surface area contributed by atoms with Crippen LogP contribution in [0.4, 0.5) is 10.5 Å². The molecule has 0 bridgehead atoms. The zero-order valence-electron chi connectivity index (χ0n) is 29.0. The summed E-state index contributed by atoms with van der Waals surface area (Å²) in [5.41, 5.74) is 11.0. The van der Waals surface area contributed by atoms with Gasteiger partial charge in [0.15, 0.2) is 20.7 Å². The molecule has 0 saturated heterocycles. The van der Waals surface area contributed by atoms with Gasteiger partial charge < -0.3 is 20.2 Å². The molecule has 2 aromatic carbocycles. The van der Waals surface area contributed by atoms with E-state index in [1.807, 2.05) is 47.9 Å². The van der Waals surface area contributed by atoms with Crippen molar-refractivity contribution in [1.29, 1.82) is 0 Å². The number of nitrogens with two attached hydrogens (primary N) is 1. The maximum atomic E-state index is 13.8. The number of thiophene rings is 1. The molecule has 49 heavy (non-hydrogen) atoms. The van der Waals surface area contributed by atoms with Crippen molar-refractivity contribution in [1.82, 2.24) is 14.8 Å². The molecule has 2 aromatic heterocycles. The fraction of sp³-hybridized carbons (Fsp3) is 0.361. The number of aryl methyl sites for hydroxylation is 2. The quantitative estimate of drug-likeness (QED) is 0.141. The third-order valence-corrected chi connectivity index (χ3v) is 15.0. The Morgan fingerprint density at radius 1 is 1.10 bits per heavy atom. The highest BCUT2D eigenvalue weighted by Crippen LogP contribution is 2.40. The SMILES string of the molecule is Cc1sc2c(c1C)C(c1ccc(Cl)cc1)=N[C@@H](CC(=O)Nc1ccc(C#CCOC(N)=O)c(CO[Si](C)(C)C(C)(C)C)c1)c1nnc(C)n1-2. The summed E-state index contributed by atoms with van der Waals surface area (Å²) < 4.78 is 13.3. The van der Waals surface area contributed by atoms with Crippen molar-refractivity contribution in [2.45, 2.75) is 78.7 Å². The Labute approximate surface area is 297 Å². The van der Waals surface area contributed by atoms with Crippen LogP contribution in [0.25, 0.3) is 5.00 Å². The van der Waals surface area contributed by atoms with Crippen LogP contribution in [0.2, 0.25) is 23.2 Å². The van der Waals surface area contributed by atoms with Crippen molar-refractivity contribution in [3.05, 3.63) is 91.8 Å². The molecule has 256 valence electrons. The van der Waals surface area contributed by atoms with E-state index in [1.54, 1.807) is 17.4 Å². The van der Waals surface area contributed by atoms with E-state index in [0.29, 0.717) is 28.7 Å². The normalized spacial score (nSPS) is 14.1. The molecule has 1 aliphatic heterocycles. The number of carbonyl (C=O) groups excluding carboxylic acids is 2. The number of carbonyl (C=O) groups is 2. The van der Waals surface area contributed by atoms with Gasteiger partial charge in [-0.05, 0) is 80.4 Å². The lowest BCUT2D eigenvalue weighted by molar-refractivity contribution is -0.116. The smallest absolute Gasteiger partial charge is 0.405 e. The minimum absolute atomic E-state index is 0.00357. The Bertz CT molecular complexity index is 2000. The highest BCUT2D eigenvalue weighted by Gasteiger charge is 2.37. The van der Waals surface area contributed by atoms with E-state index in [-0.39, 0.29) is 24.0 Å². The molecule has 0 saturated carbocycles. The van der Waals surface area contributed by atoms with Gasteiger partial charge >= 0.3 is 6.09 Å². The van der Waals surface area contributed by atoms with Crippen molar-refractivity contribution in [3.63, 3.8) is 0 Å². The highest BCUT2D eigenvalue weighted by atomic mass is 35.5. The maximum absolute atomic E-state index is 13.8. The van der Waals surface area contributed by atoms with Gasteiger partial charge in [0.1, 0.15) is 16.9 Å². The van der Waals surface area contributed by atoms with Crippen LogP contribution >= 0.6 is 22.9 Å². The number of amides is 2. The maximum Gasteiger partial charge on any atom is 0.405 e. The number of aliphatic imine (C=N–C) groups is 1. The van der Waals surface area contributed by atoms with E-state index in [0.717, 1.165) is 38.8 Å². The molecule has 0 spiro atoms. The number of halogens is 1. The second-order valence-corrected chi connectivity index (χ2v) is 19.9. The minimum atomic E-state index is -2.10. The predicted octanol–water partition coefficient (Wildman–Crippen LogP) is 7.80. The Kier molecular flexibility index (Phi) is 10.5. The number of fused-ring (bicyclic) bond motifs is 3. The fourth-order valence-electron chi connectivity index (χ4n) is 5.15. The summed E-state index contributed by atoms with van der Waals surface area (Å²) in [7, 11) is -2.10. The second kappa shape index (κ2) is 14.3. The molecule has 3 heterocycles. The topological polar surface area (TPSA) is 134 Å². The van der Waals surface area contributed by atoms with Gasteiger partial charge in [-0.1, -0.05) is 56.3 Å². The number of aromatic nitrogens is 3. The summed E-state index contributed by atoms with van der Waals surface area (Å²) in [5.74, 6) is 6.96. The zero-order chi connectivity index (χ0) is 35.7. The Morgan fingerprint density at radius 3 is 2.49 bits per heavy atom. The van der Waals surface area contributed by atoms with Crippen molar-refractivity contribution >= 4 is 54.7 Å². The molecule has 0 radical (unpaired) electrons. The first-order chi connectivity index (χ1) is 23.1. The number of ether oxygens (including phenoxy) is 1. The van der Waals surface area contributed by atoms with Crippen LogP contribution in [0.5, 0.6) is 0 Å². The van der Waals surface area contributed by atoms with Crippen molar-refractivity contribution in [3.8, 4) is 16.8 Å². The van der Waals surface area contributed by atoms with E-state index in [1.165, 1.54) is 4.88 Å². The summed E-state index contributed by atoms with van der Waals surface area (Å²) in [4.78, 5) is 31.2. The van der Waals surface area contributed by atoms with Crippen molar-refractivity contribution in [2.24, 2.45) is 10.7 Å².